The molecule has 2 fully saturated rings. The van der Waals surface area contributed by atoms with Crippen molar-refractivity contribution < 1.29 is 52.3 Å². The molecule has 10 nitrogen and oxygen atoms in total. The van der Waals surface area contributed by atoms with Crippen LogP contribution < -0.4 is 16.2 Å². The number of carboxylic acids is 1. The van der Waals surface area contributed by atoms with Crippen molar-refractivity contribution in [3.8, 4) is 0 Å². The maximum Gasteiger partial charge on any atom is 0.430 e. The van der Waals surface area contributed by atoms with Gasteiger partial charge in [-0.05, 0) is 43.6 Å². The number of hydrogen-bond acceptors (Lipinski definition) is 6. The van der Waals surface area contributed by atoms with Crippen molar-refractivity contribution in [2.24, 2.45) is 11.8 Å². The fraction of sp³-hybridized carbons (Fsp3) is 0.615. The van der Waals surface area contributed by atoms with E-state index in [2.05, 4.69) is 11.1 Å². The number of ether oxygens (including phenoxy) is 1. The van der Waals surface area contributed by atoms with Crippen molar-refractivity contribution in [3.63, 3.8) is 0 Å². The first-order valence-corrected chi connectivity index (χ1v) is 12.9. The Hall–Kier alpha value is -3.42. The second kappa shape index (κ2) is 14.8. The van der Waals surface area contributed by atoms with Crippen LogP contribution in [-0.4, -0.2) is 85.3 Å². The van der Waals surface area contributed by atoms with Crippen LogP contribution in [0.15, 0.2) is 30.3 Å². The average Bonchev–Trinajstić information content (AvgIpc) is 3.34. The molecule has 4 N–H and O–H groups in total. The number of quaternary nitrogens is 1. The zero-order valence-corrected chi connectivity index (χ0v) is 22.5. The number of rotatable bonds is 7. The van der Waals surface area contributed by atoms with Crippen LogP contribution in [0.3, 0.4) is 0 Å². The van der Waals surface area contributed by atoms with E-state index < -0.39 is 36.4 Å². The van der Waals surface area contributed by atoms with E-state index in [4.69, 9.17) is 14.6 Å². The van der Waals surface area contributed by atoms with Crippen LogP contribution in [0, 0.1) is 11.8 Å². The van der Waals surface area contributed by atoms with Crippen LogP contribution in [0.25, 0.3) is 0 Å². The molecule has 1 aliphatic heterocycles. The fourth-order valence-electron chi connectivity index (χ4n) is 4.86. The molecule has 0 radical (unpaired) electrons. The molecule has 2 aliphatic rings. The number of likely N-dealkylation sites (tertiary alicyclic amines) is 1. The minimum absolute atomic E-state index is 0.0199. The minimum Gasteiger partial charge on any atom is -0.542 e. The molecule has 0 aromatic heterocycles. The number of carbonyl (C=O) groups is 4. The van der Waals surface area contributed by atoms with Crippen LogP contribution in [0.1, 0.15) is 37.7 Å². The summed E-state index contributed by atoms with van der Waals surface area (Å²) in [6.07, 6.45) is -3.55. The van der Waals surface area contributed by atoms with E-state index in [0.717, 1.165) is 5.56 Å². The summed E-state index contributed by atoms with van der Waals surface area (Å²) in [5.74, 6) is -3.96. The Morgan fingerprint density at radius 2 is 1.68 bits per heavy atom. The van der Waals surface area contributed by atoms with Crippen LogP contribution in [-0.2, 0) is 25.7 Å². The number of alkyl carbamates (subject to hydrolysis) is 1. The summed E-state index contributed by atoms with van der Waals surface area (Å²) in [5.41, 5.74) is 4.98. The largest absolute Gasteiger partial charge is 0.542 e. The third-order valence-electron chi connectivity index (χ3n) is 6.96. The predicted molar refractivity (Wildman–Crippen MR) is 132 cm³/mol. The number of alkyl halides is 4. The highest BCUT2D eigenvalue weighted by Gasteiger charge is 2.44. The van der Waals surface area contributed by atoms with Gasteiger partial charge in [0.1, 0.15) is 24.7 Å². The third kappa shape index (κ3) is 9.96. The van der Waals surface area contributed by atoms with Crippen molar-refractivity contribution in [1.29, 1.82) is 0 Å². The first-order chi connectivity index (χ1) is 18.7. The number of carboxylic acid groups (broad SMARTS) is 1. The summed E-state index contributed by atoms with van der Waals surface area (Å²) in [4.78, 5) is 49.9. The Bertz CT molecular complexity index is 1000. The number of nitrogens with one attached hydrogen (secondary N) is 1. The van der Waals surface area contributed by atoms with Gasteiger partial charge in [0.2, 0.25) is 5.91 Å². The second-order valence-corrected chi connectivity index (χ2v) is 10.1. The Balaban J connectivity index is 0.000000708. The lowest BCUT2D eigenvalue weighted by Crippen LogP contribution is -2.73. The maximum absolute atomic E-state index is 13.6. The average molecular weight is 577 g/mol. The number of halogens is 4. The summed E-state index contributed by atoms with van der Waals surface area (Å²) in [7, 11) is 3.35. The van der Waals surface area contributed by atoms with Gasteiger partial charge in [-0.2, -0.15) is 13.2 Å². The summed E-state index contributed by atoms with van der Waals surface area (Å²) in [6, 6.07) is 8.69. The van der Waals surface area contributed by atoms with Crippen molar-refractivity contribution in [2.75, 3.05) is 27.2 Å². The SMILES string of the molecule is CN(C)C(=O)[C@@H](C1CCC(NC(=O)OCc2ccccc2)CC1)[C@H]([NH3+])C(=O)N1CC[C@H](F)C1.O=C([O-])C(F)(F)F. The molecule has 1 heterocycles. The lowest BCUT2D eigenvalue weighted by molar-refractivity contribution is -0.418. The molecule has 40 heavy (non-hydrogen) atoms. The molecule has 3 atom stereocenters. The second-order valence-electron chi connectivity index (χ2n) is 10.1. The molecular weight excluding hydrogens is 540 g/mol. The van der Waals surface area contributed by atoms with Gasteiger partial charge in [-0.3, -0.25) is 9.59 Å². The van der Waals surface area contributed by atoms with Gasteiger partial charge >= 0.3 is 12.3 Å². The third-order valence-corrected chi connectivity index (χ3v) is 6.96. The number of benzene rings is 1. The number of aliphatic carboxylic acids is 1. The fourth-order valence-corrected chi connectivity index (χ4v) is 4.86. The number of amides is 3. The molecular formula is C26H36F4N4O6. The Morgan fingerprint density at radius 1 is 1.10 bits per heavy atom. The molecule has 224 valence electrons. The van der Waals surface area contributed by atoms with Crippen LogP contribution in [0.2, 0.25) is 0 Å². The van der Waals surface area contributed by atoms with Gasteiger partial charge in [0.05, 0.1) is 6.54 Å². The first-order valence-electron chi connectivity index (χ1n) is 12.9. The molecule has 1 saturated carbocycles. The van der Waals surface area contributed by atoms with Crippen molar-refractivity contribution in [1.82, 2.24) is 15.1 Å². The van der Waals surface area contributed by atoms with Gasteiger partial charge in [-0.1, -0.05) is 30.3 Å². The van der Waals surface area contributed by atoms with E-state index in [0.29, 0.717) is 38.6 Å². The minimum atomic E-state index is -5.19. The lowest BCUT2D eigenvalue weighted by atomic mass is 9.74. The molecule has 0 bridgehead atoms. The quantitative estimate of drug-likeness (QED) is 0.456. The van der Waals surface area contributed by atoms with E-state index in [-0.39, 0.29) is 36.9 Å². The van der Waals surface area contributed by atoms with Crippen LogP contribution in [0.5, 0.6) is 0 Å². The number of hydrogen-bond donors (Lipinski definition) is 2. The van der Waals surface area contributed by atoms with E-state index in [9.17, 15) is 31.9 Å². The lowest BCUT2D eigenvalue weighted by Gasteiger charge is -2.36. The van der Waals surface area contributed by atoms with Gasteiger partial charge in [0.25, 0.3) is 5.91 Å². The van der Waals surface area contributed by atoms with Crippen LogP contribution >= 0.6 is 0 Å². The van der Waals surface area contributed by atoms with Gasteiger partial charge in [-0.15, -0.1) is 0 Å². The zero-order chi connectivity index (χ0) is 30.0. The number of nitrogens with zero attached hydrogens (tertiary/aromatic N) is 2. The number of carbonyl (C=O) groups excluding carboxylic acids is 4. The Morgan fingerprint density at radius 3 is 2.15 bits per heavy atom. The van der Waals surface area contributed by atoms with Crippen molar-refractivity contribution in [2.45, 2.75) is 63.1 Å². The summed E-state index contributed by atoms with van der Waals surface area (Å²) < 4.78 is 50.5. The van der Waals surface area contributed by atoms with E-state index >= 15 is 0 Å². The monoisotopic (exact) mass is 576 g/mol. The topological polar surface area (TPSA) is 147 Å². The van der Waals surface area contributed by atoms with E-state index in [1.54, 1.807) is 14.1 Å². The highest BCUT2D eigenvalue weighted by atomic mass is 19.4. The molecule has 0 spiro atoms. The maximum atomic E-state index is 13.6. The molecule has 14 heteroatoms. The van der Waals surface area contributed by atoms with Gasteiger partial charge in [0, 0.05) is 26.7 Å². The molecule has 1 aliphatic carbocycles. The Labute approximate surface area is 229 Å². The van der Waals surface area contributed by atoms with Gasteiger partial charge in [-0.25, -0.2) is 9.18 Å². The highest BCUT2D eigenvalue weighted by molar-refractivity contribution is 5.89. The van der Waals surface area contributed by atoms with Gasteiger partial charge < -0.3 is 35.5 Å². The van der Waals surface area contributed by atoms with Crippen molar-refractivity contribution in [3.05, 3.63) is 35.9 Å². The highest BCUT2D eigenvalue weighted by Crippen LogP contribution is 2.33. The molecule has 3 amide bonds. The van der Waals surface area contributed by atoms with E-state index in [1.165, 1.54) is 9.80 Å². The molecule has 1 aromatic rings. The predicted octanol–water partition coefficient (Wildman–Crippen LogP) is 0.656. The summed E-state index contributed by atoms with van der Waals surface area (Å²) >= 11 is 0. The smallest absolute Gasteiger partial charge is 0.430 e. The summed E-state index contributed by atoms with van der Waals surface area (Å²) in [6.45, 7) is 0.662. The first kappa shape index (κ1) is 32.8. The van der Waals surface area contributed by atoms with Crippen molar-refractivity contribution >= 4 is 23.9 Å². The normalized spacial score (nSPS) is 22.3. The molecule has 1 aromatic carbocycles. The summed E-state index contributed by atoms with van der Waals surface area (Å²) in [5, 5.41) is 11.7. The Kier molecular flexibility index (Phi) is 12.1. The van der Waals surface area contributed by atoms with Gasteiger partial charge in [0.15, 0.2) is 6.04 Å². The molecule has 0 unspecified atom stereocenters. The standard InChI is InChI=1S/C24H35FN4O4.C2HF3O2/c1-28(2)22(30)20(21(26)23(31)29-13-12-18(25)14-29)17-8-10-19(11-9-17)27-24(32)33-15-16-6-4-3-5-7-16;3-2(4,5)1(6)7/h3-7,17-21H,8-15,26H2,1-2H3,(H,27,32);(H,6,7)/t17?,18-,19?,20-,21-;/m0./s1. The zero-order valence-electron chi connectivity index (χ0n) is 22.5. The van der Waals surface area contributed by atoms with E-state index in [1.807, 2.05) is 30.3 Å². The van der Waals surface area contributed by atoms with Crippen LogP contribution in [0.4, 0.5) is 22.4 Å². The molecule has 3 rings (SSSR count). The molecule has 1 saturated heterocycles.